The van der Waals surface area contributed by atoms with Crippen molar-refractivity contribution >= 4 is 0 Å². The van der Waals surface area contributed by atoms with Crippen LogP contribution in [0.1, 0.15) is 32.5 Å². The largest absolute Gasteiger partial charge is 0.367 e. The van der Waals surface area contributed by atoms with E-state index in [9.17, 15) is 0 Å². The van der Waals surface area contributed by atoms with Gasteiger partial charge in [-0.25, -0.2) is 0 Å². The van der Waals surface area contributed by atoms with E-state index in [2.05, 4.69) is 25.9 Å². The maximum atomic E-state index is 5.70. The van der Waals surface area contributed by atoms with Crippen molar-refractivity contribution in [3.63, 3.8) is 0 Å². The molecule has 0 fully saturated rings. The molecule has 1 atom stereocenters. The van der Waals surface area contributed by atoms with Crippen LogP contribution in [0.3, 0.4) is 0 Å². The fraction of sp³-hybridized carbons (Fsp3) is 0.667. The molecule has 0 saturated carbocycles. The molecule has 0 aromatic carbocycles. The Morgan fingerprint density at radius 3 is 3.17 bits per heavy atom. The molecule has 0 bridgehead atoms. The molecule has 66 valence electrons. The Labute approximate surface area is 72.3 Å². The highest BCUT2D eigenvalue weighted by Gasteiger charge is 2.33. The van der Waals surface area contributed by atoms with E-state index >= 15 is 0 Å². The molecule has 0 spiro atoms. The monoisotopic (exact) mass is 166 g/mol. The lowest BCUT2D eigenvalue weighted by atomic mass is 9.99. The molecule has 1 aromatic heterocycles. The molecule has 0 amide bonds. The van der Waals surface area contributed by atoms with E-state index < -0.39 is 0 Å². The van der Waals surface area contributed by atoms with Crippen molar-refractivity contribution in [2.24, 2.45) is 0 Å². The molecule has 1 aromatic rings. The summed E-state index contributed by atoms with van der Waals surface area (Å²) in [6, 6.07) is 2.32. The maximum absolute atomic E-state index is 5.70. The van der Waals surface area contributed by atoms with Crippen LogP contribution in [0.2, 0.25) is 0 Å². The number of rotatable bonds is 0. The van der Waals surface area contributed by atoms with E-state index in [4.69, 9.17) is 4.74 Å². The molecule has 1 aliphatic heterocycles. The van der Waals surface area contributed by atoms with E-state index in [0.29, 0.717) is 12.6 Å². The fourth-order valence-electron chi connectivity index (χ4n) is 1.48. The van der Waals surface area contributed by atoms with Gasteiger partial charge in [-0.05, 0) is 26.8 Å². The van der Waals surface area contributed by atoms with Gasteiger partial charge in [0.05, 0.1) is 23.9 Å². The predicted molar refractivity (Wildman–Crippen MR) is 45.8 cm³/mol. The van der Waals surface area contributed by atoms with Gasteiger partial charge in [0.2, 0.25) is 0 Å². The van der Waals surface area contributed by atoms with Crippen LogP contribution < -0.4 is 0 Å². The Kier molecular flexibility index (Phi) is 1.51. The normalized spacial score (nSPS) is 26.8. The summed E-state index contributed by atoms with van der Waals surface area (Å²) in [5, 5.41) is 4.27. The highest BCUT2D eigenvalue weighted by atomic mass is 16.5. The van der Waals surface area contributed by atoms with Gasteiger partial charge in [0.25, 0.3) is 0 Å². The molecule has 3 nitrogen and oxygen atoms in total. The third-order valence-corrected chi connectivity index (χ3v) is 2.72. The zero-order chi connectivity index (χ0) is 8.77. The predicted octanol–water partition coefficient (Wildman–Crippen LogP) is 1.75. The summed E-state index contributed by atoms with van der Waals surface area (Å²) >= 11 is 0. The zero-order valence-corrected chi connectivity index (χ0v) is 7.74. The third-order valence-electron chi connectivity index (χ3n) is 2.72. The van der Waals surface area contributed by atoms with Gasteiger partial charge in [0.15, 0.2) is 0 Å². The topological polar surface area (TPSA) is 27.1 Å². The van der Waals surface area contributed by atoms with Crippen LogP contribution in [0.5, 0.6) is 0 Å². The summed E-state index contributed by atoms with van der Waals surface area (Å²) in [5.74, 6) is 0. The smallest absolute Gasteiger partial charge is 0.0893 e. The van der Waals surface area contributed by atoms with Crippen molar-refractivity contribution < 1.29 is 4.74 Å². The van der Waals surface area contributed by atoms with Crippen molar-refractivity contribution in [1.82, 2.24) is 9.78 Å². The average Bonchev–Trinajstić information content (AvgIpc) is 2.45. The zero-order valence-electron chi connectivity index (χ0n) is 7.74. The highest BCUT2D eigenvalue weighted by molar-refractivity contribution is 5.05. The number of fused-ring (bicyclic) bond motifs is 1. The van der Waals surface area contributed by atoms with Gasteiger partial charge < -0.3 is 4.74 Å². The van der Waals surface area contributed by atoms with Crippen LogP contribution in [0.15, 0.2) is 12.3 Å². The Morgan fingerprint density at radius 2 is 2.42 bits per heavy atom. The Balaban J connectivity index is 2.42. The van der Waals surface area contributed by atoms with Crippen molar-refractivity contribution in [2.45, 2.75) is 39.0 Å². The lowest BCUT2D eigenvalue weighted by molar-refractivity contribution is -0.0885. The standard InChI is InChI=1S/C9H14N2O/c1-7-9(2,3)12-6-8-4-5-10-11(7)8/h4-5,7H,6H2,1-3H3. The lowest BCUT2D eigenvalue weighted by Gasteiger charge is -2.37. The van der Waals surface area contributed by atoms with Gasteiger partial charge in [-0.15, -0.1) is 0 Å². The van der Waals surface area contributed by atoms with Crippen molar-refractivity contribution in [2.75, 3.05) is 0 Å². The van der Waals surface area contributed by atoms with Crippen LogP contribution in [0.25, 0.3) is 0 Å². The molecule has 0 saturated heterocycles. The summed E-state index contributed by atoms with van der Waals surface area (Å²) in [6.45, 7) is 7.01. The third kappa shape index (κ3) is 0.966. The fourth-order valence-corrected chi connectivity index (χ4v) is 1.48. The van der Waals surface area contributed by atoms with E-state index in [1.807, 2.05) is 16.9 Å². The SMILES string of the molecule is CC1n2nccc2COC1(C)C. The summed E-state index contributed by atoms with van der Waals surface area (Å²) < 4.78 is 7.75. The Bertz CT molecular complexity index is 290. The minimum absolute atomic E-state index is 0.0982. The number of hydrogen-bond acceptors (Lipinski definition) is 2. The molecule has 1 unspecified atom stereocenters. The quantitative estimate of drug-likeness (QED) is 0.587. The van der Waals surface area contributed by atoms with Crippen molar-refractivity contribution in [3.05, 3.63) is 18.0 Å². The lowest BCUT2D eigenvalue weighted by Crippen LogP contribution is -2.39. The van der Waals surface area contributed by atoms with E-state index in [1.165, 1.54) is 5.69 Å². The summed E-state index contributed by atoms with van der Waals surface area (Å²) in [4.78, 5) is 0. The van der Waals surface area contributed by atoms with Gasteiger partial charge >= 0.3 is 0 Å². The molecule has 12 heavy (non-hydrogen) atoms. The van der Waals surface area contributed by atoms with Crippen molar-refractivity contribution in [3.8, 4) is 0 Å². The number of aromatic nitrogens is 2. The van der Waals surface area contributed by atoms with E-state index in [-0.39, 0.29) is 5.60 Å². The molecule has 1 aliphatic rings. The molecule has 0 N–H and O–H groups in total. The Morgan fingerprint density at radius 1 is 1.67 bits per heavy atom. The number of nitrogens with zero attached hydrogens (tertiary/aromatic N) is 2. The van der Waals surface area contributed by atoms with Crippen LogP contribution in [-0.4, -0.2) is 15.4 Å². The summed E-state index contributed by atoms with van der Waals surface area (Å²) in [5.41, 5.74) is 1.07. The van der Waals surface area contributed by atoms with Crippen LogP contribution in [0.4, 0.5) is 0 Å². The first-order chi connectivity index (χ1) is 5.61. The minimum atomic E-state index is -0.0982. The second kappa shape index (κ2) is 2.33. The van der Waals surface area contributed by atoms with Crippen LogP contribution in [0, 0.1) is 0 Å². The molecular formula is C9H14N2O. The van der Waals surface area contributed by atoms with Crippen LogP contribution >= 0.6 is 0 Å². The van der Waals surface area contributed by atoms with E-state index in [1.54, 1.807) is 0 Å². The first-order valence-corrected chi connectivity index (χ1v) is 4.27. The van der Waals surface area contributed by atoms with Crippen LogP contribution in [-0.2, 0) is 11.3 Å². The van der Waals surface area contributed by atoms with Gasteiger partial charge in [0.1, 0.15) is 0 Å². The first-order valence-electron chi connectivity index (χ1n) is 4.27. The molecule has 2 heterocycles. The second-order valence-corrected chi connectivity index (χ2v) is 3.84. The number of ether oxygens (including phenoxy) is 1. The minimum Gasteiger partial charge on any atom is -0.367 e. The summed E-state index contributed by atoms with van der Waals surface area (Å²) in [7, 11) is 0. The molecule has 2 rings (SSSR count). The van der Waals surface area contributed by atoms with E-state index in [0.717, 1.165) is 0 Å². The van der Waals surface area contributed by atoms with Gasteiger partial charge in [0, 0.05) is 6.20 Å². The molecular weight excluding hydrogens is 152 g/mol. The second-order valence-electron chi connectivity index (χ2n) is 3.84. The maximum Gasteiger partial charge on any atom is 0.0893 e. The van der Waals surface area contributed by atoms with Gasteiger partial charge in [-0.3, -0.25) is 4.68 Å². The first kappa shape index (κ1) is 7.80. The molecule has 0 radical (unpaired) electrons. The number of hydrogen-bond donors (Lipinski definition) is 0. The molecule has 3 heteroatoms. The summed E-state index contributed by atoms with van der Waals surface area (Å²) in [6.07, 6.45) is 1.83. The Hall–Kier alpha value is -0.830. The highest BCUT2D eigenvalue weighted by Crippen LogP contribution is 2.31. The van der Waals surface area contributed by atoms with Crippen molar-refractivity contribution in [1.29, 1.82) is 0 Å². The average molecular weight is 166 g/mol. The van der Waals surface area contributed by atoms with Gasteiger partial charge in [-0.2, -0.15) is 5.10 Å². The molecule has 0 aliphatic carbocycles. The van der Waals surface area contributed by atoms with Gasteiger partial charge in [-0.1, -0.05) is 0 Å².